The van der Waals surface area contributed by atoms with E-state index in [0.717, 1.165) is 27.6 Å². The first kappa shape index (κ1) is 21.6. The molecule has 1 heterocycles. The molecule has 6 heteroatoms. The van der Waals surface area contributed by atoms with Crippen LogP contribution in [0.2, 0.25) is 0 Å². The van der Waals surface area contributed by atoms with Crippen molar-refractivity contribution < 1.29 is 18.4 Å². The first-order chi connectivity index (χ1) is 15.5. The van der Waals surface area contributed by atoms with E-state index in [1.54, 1.807) is 19.2 Å². The van der Waals surface area contributed by atoms with Gasteiger partial charge < -0.3 is 14.6 Å². The number of halogens is 1. The fourth-order valence-corrected chi connectivity index (χ4v) is 3.76. The van der Waals surface area contributed by atoms with Gasteiger partial charge in [0, 0.05) is 18.9 Å². The van der Waals surface area contributed by atoms with Crippen LogP contribution in [0.3, 0.4) is 0 Å². The number of hydrogen-bond acceptors (Lipinski definition) is 5. The number of ketones is 1. The zero-order valence-electron chi connectivity index (χ0n) is 18.1. The number of methoxy groups -OCH3 is 1. The number of aryl methyl sites for hydroxylation is 2. The van der Waals surface area contributed by atoms with Gasteiger partial charge in [0.1, 0.15) is 23.1 Å². The number of rotatable bonds is 9. The third kappa shape index (κ3) is 5.32. The molecule has 0 aliphatic rings. The fraction of sp³-hybridized carbons (Fsp3) is 0.231. The molecule has 0 radical (unpaired) electrons. The van der Waals surface area contributed by atoms with Crippen molar-refractivity contribution in [3.05, 3.63) is 89.4 Å². The van der Waals surface area contributed by atoms with Crippen molar-refractivity contribution in [1.29, 1.82) is 0 Å². The van der Waals surface area contributed by atoms with Gasteiger partial charge in [-0.25, -0.2) is 4.39 Å². The number of aromatic nitrogens is 1. The van der Waals surface area contributed by atoms with Gasteiger partial charge in [0.15, 0.2) is 5.82 Å². The molecule has 5 nitrogen and oxygen atoms in total. The number of carbonyl (C=O) groups excluding carboxylic acids is 1. The van der Waals surface area contributed by atoms with E-state index >= 15 is 0 Å². The maximum absolute atomic E-state index is 13.4. The van der Waals surface area contributed by atoms with Crippen LogP contribution in [0.4, 0.5) is 10.2 Å². The SMILES string of the molecule is COc1ccc2cc(C(CC(=O)CCc3cccc(F)c3)Nc3cc(C)on3)ccc2c1. The van der Waals surface area contributed by atoms with Gasteiger partial charge in [-0.15, -0.1) is 0 Å². The maximum atomic E-state index is 13.4. The standard InChI is InChI=1S/C26H25FN2O3/c1-17-12-26(29-32-17)28-25(16-23(30)10-6-18-4-3-5-22(27)13-18)21-8-7-20-15-24(31-2)11-9-19(20)14-21/h3-5,7-9,11-15,25H,6,10,16H2,1-2H3,(H,28,29). The number of Topliss-reactive ketones (excluding diaryl/α,β-unsaturated/α-hetero) is 1. The molecule has 164 valence electrons. The van der Waals surface area contributed by atoms with Gasteiger partial charge in [0.25, 0.3) is 0 Å². The highest BCUT2D eigenvalue weighted by molar-refractivity contribution is 5.85. The van der Waals surface area contributed by atoms with Gasteiger partial charge in [-0.3, -0.25) is 4.79 Å². The van der Waals surface area contributed by atoms with Crippen LogP contribution in [0.1, 0.15) is 35.8 Å². The summed E-state index contributed by atoms with van der Waals surface area (Å²) in [4.78, 5) is 12.8. The Labute approximate surface area is 186 Å². The molecule has 3 aromatic carbocycles. The van der Waals surface area contributed by atoms with Crippen LogP contribution in [-0.4, -0.2) is 18.0 Å². The molecule has 32 heavy (non-hydrogen) atoms. The van der Waals surface area contributed by atoms with Crippen LogP contribution in [0.25, 0.3) is 10.8 Å². The smallest absolute Gasteiger partial charge is 0.170 e. The van der Waals surface area contributed by atoms with E-state index in [9.17, 15) is 9.18 Å². The first-order valence-electron chi connectivity index (χ1n) is 10.5. The molecule has 0 spiro atoms. The lowest BCUT2D eigenvalue weighted by atomic mass is 9.96. The second-order valence-electron chi connectivity index (χ2n) is 7.86. The summed E-state index contributed by atoms with van der Waals surface area (Å²) in [5.41, 5.74) is 1.79. The Balaban J connectivity index is 1.54. The maximum Gasteiger partial charge on any atom is 0.170 e. The van der Waals surface area contributed by atoms with Crippen LogP contribution < -0.4 is 10.1 Å². The van der Waals surface area contributed by atoms with Crippen molar-refractivity contribution in [2.24, 2.45) is 0 Å². The Kier molecular flexibility index (Phi) is 6.50. The van der Waals surface area contributed by atoms with Crippen LogP contribution in [0.15, 0.2) is 71.3 Å². The summed E-state index contributed by atoms with van der Waals surface area (Å²) in [5, 5.41) is 9.46. The quantitative estimate of drug-likeness (QED) is 0.350. The Bertz CT molecular complexity index is 1230. The molecule has 4 rings (SSSR count). The summed E-state index contributed by atoms with van der Waals surface area (Å²) >= 11 is 0. The molecule has 1 N–H and O–H groups in total. The highest BCUT2D eigenvalue weighted by atomic mass is 19.1. The zero-order valence-corrected chi connectivity index (χ0v) is 18.1. The van der Waals surface area contributed by atoms with Crippen LogP contribution in [0.5, 0.6) is 5.75 Å². The van der Waals surface area contributed by atoms with Crippen LogP contribution in [-0.2, 0) is 11.2 Å². The molecule has 0 saturated heterocycles. The number of fused-ring (bicyclic) bond motifs is 1. The summed E-state index contributed by atoms with van der Waals surface area (Å²) < 4.78 is 23.9. The minimum absolute atomic E-state index is 0.0850. The topological polar surface area (TPSA) is 64.4 Å². The number of nitrogens with zero attached hydrogens (tertiary/aromatic N) is 1. The molecule has 4 aromatic rings. The highest BCUT2D eigenvalue weighted by Crippen LogP contribution is 2.28. The van der Waals surface area contributed by atoms with Gasteiger partial charge in [0.2, 0.25) is 0 Å². The van der Waals surface area contributed by atoms with Crippen LogP contribution in [0, 0.1) is 12.7 Å². The van der Waals surface area contributed by atoms with Crippen LogP contribution >= 0.6 is 0 Å². The number of nitrogens with one attached hydrogen (secondary N) is 1. The van der Waals surface area contributed by atoms with E-state index in [2.05, 4.69) is 16.5 Å². The van der Waals surface area contributed by atoms with Crippen molar-refractivity contribution in [2.45, 2.75) is 32.2 Å². The number of benzene rings is 3. The third-order valence-electron chi connectivity index (χ3n) is 5.44. The average Bonchev–Trinajstić information content (AvgIpc) is 3.21. The molecule has 0 fully saturated rings. The molecular formula is C26H25FN2O3. The molecule has 1 aromatic heterocycles. The lowest BCUT2D eigenvalue weighted by molar-refractivity contribution is -0.119. The van der Waals surface area contributed by atoms with Crippen molar-refractivity contribution >= 4 is 22.4 Å². The lowest BCUT2D eigenvalue weighted by Crippen LogP contribution is -2.16. The minimum atomic E-state index is -0.288. The van der Waals surface area contributed by atoms with Crippen molar-refractivity contribution in [3.63, 3.8) is 0 Å². The number of hydrogen-bond donors (Lipinski definition) is 1. The largest absolute Gasteiger partial charge is 0.497 e. The number of carbonyl (C=O) groups is 1. The predicted octanol–water partition coefficient (Wildman–Crippen LogP) is 6.03. The molecule has 0 aliphatic heterocycles. The van der Waals surface area contributed by atoms with E-state index < -0.39 is 0 Å². The van der Waals surface area contributed by atoms with E-state index in [1.807, 2.05) is 43.3 Å². The molecular weight excluding hydrogens is 407 g/mol. The molecule has 0 saturated carbocycles. The minimum Gasteiger partial charge on any atom is -0.497 e. The number of anilines is 1. The third-order valence-corrected chi connectivity index (χ3v) is 5.44. The van der Waals surface area contributed by atoms with Gasteiger partial charge in [0.05, 0.1) is 13.2 Å². The van der Waals surface area contributed by atoms with E-state index in [1.165, 1.54) is 12.1 Å². The molecule has 0 amide bonds. The molecule has 0 bridgehead atoms. The lowest BCUT2D eigenvalue weighted by Gasteiger charge is -2.19. The molecule has 1 unspecified atom stereocenters. The summed E-state index contributed by atoms with van der Waals surface area (Å²) in [7, 11) is 1.64. The number of ether oxygens (including phenoxy) is 1. The highest BCUT2D eigenvalue weighted by Gasteiger charge is 2.18. The summed E-state index contributed by atoms with van der Waals surface area (Å²) in [6.45, 7) is 1.82. The zero-order chi connectivity index (χ0) is 22.5. The summed E-state index contributed by atoms with van der Waals surface area (Å²) in [6, 6.07) is 19.9. The second kappa shape index (κ2) is 9.64. The monoisotopic (exact) mass is 432 g/mol. The van der Waals surface area contributed by atoms with Crippen molar-refractivity contribution in [3.8, 4) is 5.75 Å². The van der Waals surface area contributed by atoms with Gasteiger partial charge >= 0.3 is 0 Å². The van der Waals surface area contributed by atoms with Gasteiger partial charge in [-0.05, 0) is 65.6 Å². The van der Waals surface area contributed by atoms with E-state index in [0.29, 0.717) is 24.4 Å². The Morgan fingerprint density at radius 3 is 2.66 bits per heavy atom. The van der Waals surface area contributed by atoms with E-state index in [-0.39, 0.29) is 24.1 Å². The molecule has 1 atom stereocenters. The van der Waals surface area contributed by atoms with Crippen molar-refractivity contribution in [1.82, 2.24) is 5.16 Å². The Morgan fingerprint density at radius 2 is 1.91 bits per heavy atom. The first-order valence-corrected chi connectivity index (χ1v) is 10.5. The Morgan fingerprint density at radius 1 is 1.09 bits per heavy atom. The van der Waals surface area contributed by atoms with Gasteiger partial charge in [-0.1, -0.05) is 35.5 Å². The van der Waals surface area contributed by atoms with Gasteiger partial charge in [-0.2, -0.15) is 0 Å². The predicted molar refractivity (Wildman–Crippen MR) is 122 cm³/mol. The average molecular weight is 432 g/mol. The van der Waals surface area contributed by atoms with Crippen molar-refractivity contribution in [2.75, 3.05) is 12.4 Å². The Hall–Kier alpha value is -3.67. The normalized spacial score (nSPS) is 12.0. The summed E-state index contributed by atoms with van der Waals surface area (Å²) in [6.07, 6.45) is 1.12. The summed E-state index contributed by atoms with van der Waals surface area (Å²) in [5.74, 6) is 1.87. The molecule has 0 aliphatic carbocycles. The second-order valence-corrected chi connectivity index (χ2v) is 7.86. The van der Waals surface area contributed by atoms with E-state index in [4.69, 9.17) is 9.26 Å². The fourth-order valence-electron chi connectivity index (χ4n) is 3.76.